The monoisotopic (exact) mass is 432 g/mol. The first kappa shape index (κ1) is 21.2. The van der Waals surface area contributed by atoms with Crippen LogP contribution < -0.4 is 10.1 Å². The maximum atomic E-state index is 13.0. The van der Waals surface area contributed by atoms with E-state index in [0.29, 0.717) is 11.8 Å². The number of benzene rings is 1. The van der Waals surface area contributed by atoms with E-state index in [4.69, 9.17) is 4.74 Å². The predicted molar refractivity (Wildman–Crippen MR) is 116 cm³/mol. The van der Waals surface area contributed by atoms with E-state index in [9.17, 15) is 13.6 Å². The number of nitrogens with one attached hydrogen (secondary N) is 1. The first-order chi connectivity index (χ1) is 15.0. The van der Waals surface area contributed by atoms with Crippen LogP contribution in [-0.4, -0.2) is 49.0 Å². The maximum absolute atomic E-state index is 13.0. The summed E-state index contributed by atoms with van der Waals surface area (Å²) in [6, 6.07) is 6.63. The molecule has 1 atom stereocenters. The lowest BCUT2D eigenvalue weighted by Gasteiger charge is -2.35. The van der Waals surface area contributed by atoms with Crippen molar-refractivity contribution in [3.05, 3.63) is 29.3 Å². The summed E-state index contributed by atoms with van der Waals surface area (Å²) >= 11 is 0. The summed E-state index contributed by atoms with van der Waals surface area (Å²) in [7, 11) is 0. The van der Waals surface area contributed by atoms with Crippen LogP contribution in [-0.2, 0) is 11.2 Å². The van der Waals surface area contributed by atoms with E-state index in [1.54, 1.807) is 0 Å². The minimum atomic E-state index is -2.76. The second kappa shape index (κ2) is 8.68. The molecule has 3 fully saturated rings. The van der Waals surface area contributed by atoms with Crippen molar-refractivity contribution in [3.63, 3.8) is 0 Å². The van der Waals surface area contributed by atoms with Gasteiger partial charge in [-0.05, 0) is 88.0 Å². The predicted octanol–water partition coefficient (Wildman–Crippen LogP) is 4.52. The number of ether oxygens (including phenoxy) is 1. The number of hydrogen-bond donors (Lipinski definition) is 1. The van der Waals surface area contributed by atoms with Gasteiger partial charge in [-0.2, -0.15) is 0 Å². The van der Waals surface area contributed by atoms with Gasteiger partial charge in [0.2, 0.25) is 5.91 Å². The molecule has 5 rings (SSSR count). The Kier molecular flexibility index (Phi) is 5.93. The number of rotatable bonds is 6. The third-order valence-electron chi connectivity index (χ3n) is 8.00. The number of amides is 1. The molecule has 0 radical (unpaired) electrons. The van der Waals surface area contributed by atoms with Crippen LogP contribution in [0.4, 0.5) is 8.78 Å². The normalized spacial score (nSPS) is 30.5. The Hall–Kier alpha value is -1.69. The molecule has 2 heterocycles. The van der Waals surface area contributed by atoms with Gasteiger partial charge in [0.05, 0.1) is 6.61 Å². The molecule has 1 aromatic rings. The largest absolute Gasteiger partial charge is 0.493 e. The highest BCUT2D eigenvalue weighted by Crippen LogP contribution is 2.48. The molecule has 2 saturated carbocycles. The Morgan fingerprint density at radius 1 is 1.13 bits per heavy atom. The summed E-state index contributed by atoms with van der Waals surface area (Å²) < 4.78 is 31.8. The zero-order valence-corrected chi connectivity index (χ0v) is 18.3. The number of carbonyl (C=O) groups excluding carboxylic acids is 1. The van der Waals surface area contributed by atoms with Gasteiger partial charge < -0.3 is 15.0 Å². The number of halogens is 2. The molecule has 31 heavy (non-hydrogen) atoms. The molecular weight excluding hydrogens is 398 g/mol. The molecule has 4 nitrogen and oxygen atoms in total. The molecule has 2 aliphatic carbocycles. The van der Waals surface area contributed by atoms with Gasteiger partial charge in [0, 0.05) is 24.4 Å². The van der Waals surface area contributed by atoms with E-state index in [1.807, 2.05) is 0 Å². The van der Waals surface area contributed by atoms with E-state index in [2.05, 4.69) is 28.4 Å². The zero-order chi connectivity index (χ0) is 21.4. The minimum Gasteiger partial charge on any atom is -0.493 e. The average molecular weight is 433 g/mol. The number of carbonyl (C=O) groups is 1. The summed E-state index contributed by atoms with van der Waals surface area (Å²) in [5, 5.41) is 2.86. The topological polar surface area (TPSA) is 41.6 Å². The van der Waals surface area contributed by atoms with Gasteiger partial charge in [0.1, 0.15) is 11.7 Å². The van der Waals surface area contributed by atoms with Crippen LogP contribution in [0.1, 0.15) is 68.4 Å². The van der Waals surface area contributed by atoms with Gasteiger partial charge in [0.15, 0.2) is 0 Å². The lowest BCUT2D eigenvalue weighted by molar-refractivity contribution is -0.125. The lowest BCUT2D eigenvalue weighted by Crippen LogP contribution is -2.40. The minimum absolute atomic E-state index is 0.0903. The maximum Gasteiger partial charge on any atom is 0.260 e. The first-order valence-electron chi connectivity index (χ1n) is 12.1. The second-order valence-corrected chi connectivity index (χ2v) is 10.1. The highest BCUT2D eigenvalue weighted by atomic mass is 19.3. The van der Waals surface area contributed by atoms with Crippen LogP contribution in [0.15, 0.2) is 18.2 Å². The second-order valence-electron chi connectivity index (χ2n) is 10.1. The Morgan fingerprint density at radius 2 is 1.87 bits per heavy atom. The molecule has 0 bridgehead atoms. The smallest absolute Gasteiger partial charge is 0.260 e. The average Bonchev–Trinajstić information content (AvgIpc) is 3.18. The van der Waals surface area contributed by atoms with Crippen molar-refractivity contribution >= 4 is 5.91 Å². The van der Waals surface area contributed by atoms with E-state index in [1.165, 1.54) is 30.4 Å². The van der Waals surface area contributed by atoms with E-state index in [-0.39, 0.29) is 12.5 Å². The van der Waals surface area contributed by atoms with E-state index < -0.39 is 17.7 Å². The Bertz CT molecular complexity index is 799. The molecule has 6 heteroatoms. The number of alkyl halides is 2. The summed E-state index contributed by atoms with van der Waals surface area (Å²) in [5.41, 5.74) is 2.95. The van der Waals surface area contributed by atoms with Gasteiger partial charge in [-0.15, -0.1) is 0 Å². The van der Waals surface area contributed by atoms with Crippen LogP contribution in [0, 0.1) is 11.8 Å². The van der Waals surface area contributed by atoms with E-state index in [0.717, 1.165) is 64.1 Å². The number of fused-ring (bicyclic) bond motifs is 1. The quantitative estimate of drug-likeness (QED) is 0.719. The molecule has 1 aromatic carbocycles. The molecule has 1 N–H and O–H groups in total. The fraction of sp³-hybridized carbons (Fsp3) is 0.720. The molecule has 0 aromatic heterocycles. The van der Waals surface area contributed by atoms with Crippen molar-refractivity contribution < 1.29 is 18.3 Å². The standard InChI is InChI=1S/C25H34F2N2O2/c26-25(27)16-22(25)24(30)28-19-6-4-17(5-7-19)8-12-29-13-9-18(10-14-29)20-2-1-3-23-21(20)11-15-31-23/h1-3,17-19,22H,4-16H2,(H,28,30). The van der Waals surface area contributed by atoms with E-state index >= 15 is 0 Å². The van der Waals surface area contributed by atoms with Crippen molar-refractivity contribution in [3.8, 4) is 5.75 Å². The zero-order valence-electron chi connectivity index (χ0n) is 18.3. The van der Waals surface area contributed by atoms with Crippen molar-refractivity contribution in [1.82, 2.24) is 10.2 Å². The van der Waals surface area contributed by atoms with Crippen LogP contribution in [0.25, 0.3) is 0 Å². The SMILES string of the molecule is O=C(NC1CCC(CCN2CCC(c3cccc4c3CCO4)CC2)CC1)C1CC1(F)F. The van der Waals surface area contributed by atoms with Crippen LogP contribution in [0.5, 0.6) is 5.75 Å². The number of piperidine rings is 1. The van der Waals surface area contributed by atoms with Crippen molar-refractivity contribution in [2.45, 2.75) is 75.7 Å². The van der Waals surface area contributed by atoms with Crippen molar-refractivity contribution in [1.29, 1.82) is 0 Å². The first-order valence-corrected chi connectivity index (χ1v) is 12.1. The Balaban J connectivity index is 1.01. The highest BCUT2D eigenvalue weighted by molar-refractivity contribution is 5.83. The molecule has 1 amide bonds. The molecule has 1 unspecified atom stereocenters. The van der Waals surface area contributed by atoms with Crippen LogP contribution >= 0.6 is 0 Å². The number of nitrogens with zero attached hydrogens (tertiary/aromatic N) is 1. The molecule has 170 valence electrons. The van der Waals surface area contributed by atoms with Gasteiger partial charge in [0.25, 0.3) is 5.92 Å². The number of likely N-dealkylation sites (tertiary alicyclic amines) is 1. The molecular formula is C25H34F2N2O2. The van der Waals surface area contributed by atoms with Gasteiger partial charge >= 0.3 is 0 Å². The Morgan fingerprint density at radius 3 is 2.58 bits per heavy atom. The molecule has 2 aliphatic heterocycles. The fourth-order valence-electron chi connectivity index (χ4n) is 5.86. The van der Waals surface area contributed by atoms with Crippen LogP contribution in [0.2, 0.25) is 0 Å². The van der Waals surface area contributed by atoms with Gasteiger partial charge in [-0.3, -0.25) is 4.79 Å². The molecule has 1 saturated heterocycles. The van der Waals surface area contributed by atoms with Gasteiger partial charge in [-0.25, -0.2) is 8.78 Å². The summed E-state index contributed by atoms with van der Waals surface area (Å²) in [6.07, 6.45) is 8.49. The van der Waals surface area contributed by atoms with Crippen LogP contribution in [0.3, 0.4) is 0 Å². The fourth-order valence-corrected chi connectivity index (χ4v) is 5.86. The lowest BCUT2D eigenvalue weighted by atomic mass is 9.83. The third kappa shape index (κ3) is 4.74. The molecule has 0 spiro atoms. The summed E-state index contributed by atoms with van der Waals surface area (Å²) in [5.74, 6) is -1.82. The number of hydrogen-bond acceptors (Lipinski definition) is 3. The highest BCUT2D eigenvalue weighted by Gasteiger charge is 2.61. The van der Waals surface area contributed by atoms with Crippen molar-refractivity contribution in [2.24, 2.45) is 11.8 Å². The Labute approximate surface area is 183 Å². The van der Waals surface area contributed by atoms with Gasteiger partial charge in [-0.1, -0.05) is 12.1 Å². The summed E-state index contributed by atoms with van der Waals surface area (Å²) in [6.45, 7) is 4.30. The summed E-state index contributed by atoms with van der Waals surface area (Å²) in [4.78, 5) is 14.5. The third-order valence-corrected chi connectivity index (χ3v) is 8.00. The molecule has 4 aliphatic rings. The van der Waals surface area contributed by atoms with Crippen molar-refractivity contribution in [2.75, 3.05) is 26.2 Å².